The normalized spacial score (nSPS) is 13.0. The van der Waals surface area contributed by atoms with Gasteiger partial charge in [-0.25, -0.2) is 0 Å². The number of rotatable bonds is 8. The van der Waals surface area contributed by atoms with Crippen molar-refractivity contribution in [3.63, 3.8) is 0 Å². The van der Waals surface area contributed by atoms with Crippen LogP contribution in [0.25, 0.3) is 0 Å². The first kappa shape index (κ1) is 18.8. The van der Waals surface area contributed by atoms with E-state index in [1.807, 2.05) is 6.92 Å². The molecule has 0 aliphatic carbocycles. The molecule has 2 aromatic carbocycles. The predicted molar refractivity (Wildman–Crippen MR) is 99.6 cm³/mol. The molecular weight excluding hydrogens is 340 g/mol. The zero-order valence-electron chi connectivity index (χ0n) is 14.1. The van der Waals surface area contributed by atoms with Gasteiger partial charge in [0, 0.05) is 46.0 Å². The summed E-state index contributed by atoms with van der Waals surface area (Å²) in [6.45, 7) is 1.87. The van der Waals surface area contributed by atoms with E-state index in [4.69, 9.17) is 0 Å². The first-order valence-corrected chi connectivity index (χ1v) is 9.56. The Kier molecular flexibility index (Phi) is 6.41. The molecule has 2 aromatic rings. The first-order valence-electron chi connectivity index (χ1n) is 7.83. The number of carbonyl (C=O) groups excluding carboxylic acids is 1. The summed E-state index contributed by atoms with van der Waals surface area (Å²) >= 11 is 0. The Balaban J connectivity index is 2.24. The average molecular weight is 360 g/mol. The summed E-state index contributed by atoms with van der Waals surface area (Å²) in [4.78, 5) is 23.3. The lowest BCUT2D eigenvalue weighted by Gasteiger charge is -2.15. The fourth-order valence-electron chi connectivity index (χ4n) is 2.38. The second-order valence-electron chi connectivity index (χ2n) is 5.80. The quantitative estimate of drug-likeness (QED) is 0.443. The van der Waals surface area contributed by atoms with Gasteiger partial charge in [0.15, 0.2) is 5.78 Å². The highest BCUT2D eigenvalue weighted by atomic mass is 32.2. The van der Waals surface area contributed by atoms with E-state index in [0.717, 1.165) is 0 Å². The van der Waals surface area contributed by atoms with E-state index in [1.165, 1.54) is 6.07 Å². The zero-order valence-corrected chi connectivity index (χ0v) is 14.9. The van der Waals surface area contributed by atoms with Crippen LogP contribution in [0.5, 0.6) is 0 Å². The van der Waals surface area contributed by atoms with E-state index in [1.54, 1.807) is 48.7 Å². The summed E-state index contributed by atoms with van der Waals surface area (Å²) in [5.41, 5.74) is 0.956. The molecule has 7 heteroatoms. The van der Waals surface area contributed by atoms with Crippen LogP contribution in [0.4, 0.5) is 11.4 Å². The Labute approximate surface area is 148 Å². The monoisotopic (exact) mass is 360 g/mol. The van der Waals surface area contributed by atoms with Crippen LogP contribution in [0.3, 0.4) is 0 Å². The molecule has 1 N–H and O–H groups in total. The van der Waals surface area contributed by atoms with Crippen molar-refractivity contribution >= 4 is 28.0 Å². The zero-order chi connectivity index (χ0) is 18.4. The molecule has 0 saturated carbocycles. The van der Waals surface area contributed by atoms with Crippen molar-refractivity contribution in [2.75, 3.05) is 17.3 Å². The van der Waals surface area contributed by atoms with Crippen LogP contribution in [-0.2, 0) is 10.8 Å². The molecule has 132 valence electrons. The van der Waals surface area contributed by atoms with E-state index in [-0.39, 0.29) is 23.1 Å². The SMILES string of the molecule is C[C@H](CC[S@](C)=O)Nc1ccc(C(=O)c2ccccc2)cc1[N+](=O)[O-]. The maximum atomic E-state index is 12.5. The molecule has 0 fully saturated rings. The fraction of sp³-hybridized carbons (Fsp3) is 0.278. The maximum absolute atomic E-state index is 12.5. The minimum absolute atomic E-state index is 0.0710. The minimum atomic E-state index is -0.908. The Morgan fingerprint density at radius 1 is 1.20 bits per heavy atom. The molecule has 0 aromatic heterocycles. The average Bonchev–Trinajstić information content (AvgIpc) is 2.60. The molecule has 0 saturated heterocycles. The number of nitrogens with one attached hydrogen (secondary N) is 1. The van der Waals surface area contributed by atoms with Crippen LogP contribution in [-0.4, -0.2) is 33.0 Å². The van der Waals surface area contributed by atoms with Gasteiger partial charge in [-0.05, 0) is 25.5 Å². The Hall–Kier alpha value is -2.54. The molecule has 0 amide bonds. The molecule has 0 unspecified atom stereocenters. The highest BCUT2D eigenvalue weighted by molar-refractivity contribution is 7.84. The third kappa shape index (κ3) is 5.22. The van der Waals surface area contributed by atoms with Crippen LogP contribution in [0.2, 0.25) is 0 Å². The van der Waals surface area contributed by atoms with Gasteiger partial charge in [0.25, 0.3) is 5.69 Å². The van der Waals surface area contributed by atoms with E-state index in [2.05, 4.69) is 5.32 Å². The lowest BCUT2D eigenvalue weighted by molar-refractivity contribution is -0.384. The summed E-state index contributed by atoms with van der Waals surface area (Å²) in [6, 6.07) is 13.0. The molecule has 6 nitrogen and oxygen atoms in total. The van der Waals surface area contributed by atoms with Crippen LogP contribution in [0.15, 0.2) is 48.5 Å². The Morgan fingerprint density at radius 3 is 2.48 bits per heavy atom. The summed E-state index contributed by atoms with van der Waals surface area (Å²) in [5, 5.41) is 14.5. The van der Waals surface area contributed by atoms with Crippen LogP contribution in [0.1, 0.15) is 29.3 Å². The Morgan fingerprint density at radius 2 is 1.88 bits per heavy atom. The van der Waals surface area contributed by atoms with Crippen molar-refractivity contribution < 1.29 is 13.9 Å². The van der Waals surface area contributed by atoms with Crippen molar-refractivity contribution in [1.82, 2.24) is 0 Å². The molecule has 2 atom stereocenters. The third-order valence-electron chi connectivity index (χ3n) is 3.73. The van der Waals surface area contributed by atoms with Crippen molar-refractivity contribution in [1.29, 1.82) is 0 Å². The number of carbonyl (C=O) groups is 1. The number of ketones is 1. The lowest BCUT2D eigenvalue weighted by Crippen LogP contribution is -2.18. The molecule has 0 spiro atoms. The molecule has 0 aliphatic heterocycles. The molecule has 25 heavy (non-hydrogen) atoms. The van der Waals surface area contributed by atoms with Gasteiger partial charge in [0.2, 0.25) is 0 Å². The van der Waals surface area contributed by atoms with Crippen molar-refractivity contribution in [3.8, 4) is 0 Å². The molecule has 0 bridgehead atoms. The number of benzene rings is 2. The smallest absolute Gasteiger partial charge is 0.293 e. The largest absolute Gasteiger partial charge is 0.377 e. The van der Waals surface area contributed by atoms with Crippen LogP contribution < -0.4 is 5.32 Å². The van der Waals surface area contributed by atoms with E-state index >= 15 is 0 Å². The summed E-state index contributed by atoms with van der Waals surface area (Å²) in [6.07, 6.45) is 2.25. The van der Waals surface area contributed by atoms with Crippen molar-refractivity contribution in [2.45, 2.75) is 19.4 Å². The van der Waals surface area contributed by atoms with Gasteiger partial charge in [-0.3, -0.25) is 19.1 Å². The van der Waals surface area contributed by atoms with Gasteiger partial charge in [-0.15, -0.1) is 0 Å². The number of hydrogen-bond acceptors (Lipinski definition) is 5. The summed E-state index contributed by atoms with van der Waals surface area (Å²) < 4.78 is 11.2. The van der Waals surface area contributed by atoms with E-state index in [9.17, 15) is 19.1 Å². The van der Waals surface area contributed by atoms with Crippen molar-refractivity contribution in [3.05, 3.63) is 69.8 Å². The number of nitrogens with zero attached hydrogens (tertiary/aromatic N) is 1. The number of hydrogen-bond donors (Lipinski definition) is 1. The highest BCUT2D eigenvalue weighted by Gasteiger charge is 2.19. The fourth-order valence-corrected chi connectivity index (χ4v) is 3.07. The maximum Gasteiger partial charge on any atom is 0.293 e. The molecule has 0 aliphatic rings. The Bertz CT molecular complexity index is 793. The number of nitro benzene ring substituents is 1. The highest BCUT2D eigenvalue weighted by Crippen LogP contribution is 2.27. The summed E-state index contributed by atoms with van der Waals surface area (Å²) in [5.74, 6) is 0.261. The van der Waals surface area contributed by atoms with Gasteiger partial charge in [-0.1, -0.05) is 30.3 Å². The number of anilines is 1. The topological polar surface area (TPSA) is 89.3 Å². The van der Waals surface area contributed by atoms with Crippen LogP contribution >= 0.6 is 0 Å². The summed E-state index contributed by atoms with van der Waals surface area (Å²) in [7, 11) is -0.908. The van der Waals surface area contributed by atoms with Gasteiger partial charge in [0.1, 0.15) is 5.69 Å². The molecule has 2 rings (SSSR count). The lowest BCUT2D eigenvalue weighted by atomic mass is 10.0. The van der Waals surface area contributed by atoms with Crippen LogP contribution in [0, 0.1) is 10.1 Å². The molecule has 0 heterocycles. The molecular formula is C18H20N2O4S. The van der Waals surface area contributed by atoms with Gasteiger partial charge < -0.3 is 5.32 Å². The standard InChI is InChI=1S/C18H20N2O4S/c1-13(10-11-25(2)24)19-16-9-8-15(12-17(16)20(22)23)18(21)14-6-4-3-5-7-14/h3-9,12-13,19H,10-11H2,1-2H3/t13-,25+/m1/s1. The second kappa shape index (κ2) is 8.53. The third-order valence-corrected chi connectivity index (χ3v) is 4.54. The van der Waals surface area contributed by atoms with E-state index in [0.29, 0.717) is 23.4 Å². The second-order valence-corrected chi connectivity index (χ2v) is 7.35. The number of nitro groups is 1. The predicted octanol–water partition coefficient (Wildman–Crippen LogP) is 3.39. The van der Waals surface area contributed by atoms with E-state index < -0.39 is 15.7 Å². The molecule has 0 radical (unpaired) electrons. The minimum Gasteiger partial charge on any atom is -0.377 e. The van der Waals surface area contributed by atoms with Crippen molar-refractivity contribution in [2.24, 2.45) is 0 Å². The van der Waals surface area contributed by atoms with Gasteiger partial charge >= 0.3 is 0 Å². The van der Waals surface area contributed by atoms with Gasteiger partial charge in [0.05, 0.1) is 4.92 Å². The van der Waals surface area contributed by atoms with Gasteiger partial charge in [-0.2, -0.15) is 0 Å². The first-order chi connectivity index (χ1) is 11.9.